The van der Waals surface area contributed by atoms with Crippen LogP contribution in [0.4, 0.5) is 5.82 Å². The van der Waals surface area contributed by atoms with Crippen molar-refractivity contribution in [2.75, 3.05) is 26.1 Å². The molecule has 1 amide bonds. The van der Waals surface area contributed by atoms with E-state index in [1.54, 1.807) is 31.2 Å². The van der Waals surface area contributed by atoms with E-state index in [1.807, 2.05) is 43.3 Å². The molecular formula is C24H29N3O4. The van der Waals surface area contributed by atoms with Gasteiger partial charge >= 0.3 is 0 Å². The Bertz CT molecular complexity index is 1040. The fraction of sp³-hybridized carbons (Fsp3) is 0.333. The minimum absolute atomic E-state index is 0.0892. The van der Waals surface area contributed by atoms with Gasteiger partial charge in [-0.15, -0.1) is 0 Å². The molecule has 0 unspecified atom stereocenters. The monoisotopic (exact) mass is 423 g/mol. The van der Waals surface area contributed by atoms with Crippen molar-refractivity contribution < 1.29 is 19.0 Å². The van der Waals surface area contributed by atoms with Crippen LogP contribution >= 0.6 is 0 Å². The molecule has 7 heteroatoms. The Kier molecular flexibility index (Phi) is 7.18. The lowest BCUT2D eigenvalue weighted by molar-refractivity contribution is -0.118. The number of carbonyl (C=O) groups excluding carboxylic acids is 1. The van der Waals surface area contributed by atoms with Gasteiger partial charge in [-0.1, -0.05) is 32.0 Å². The summed E-state index contributed by atoms with van der Waals surface area (Å²) in [6.07, 6.45) is 1.64. The van der Waals surface area contributed by atoms with E-state index in [4.69, 9.17) is 14.2 Å². The summed E-state index contributed by atoms with van der Waals surface area (Å²) in [6.45, 7) is 6.68. The number of methoxy groups -OCH3 is 2. The molecule has 1 N–H and O–H groups in total. The zero-order chi connectivity index (χ0) is 22.4. The molecule has 0 radical (unpaired) electrons. The molecule has 0 aliphatic carbocycles. The molecule has 31 heavy (non-hydrogen) atoms. The highest BCUT2D eigenvalue weighted by atomic mass is 16.5. The van der Waals surface area contributed by atoms with Crippen LogP contribution in [-0.4, -0.2) is 36.5 Å². The molecule has 0 atom stereocenters. The summed E-state index contributed by atoms with van der Waals surface area (Å²) in [4.78, 5) is 12.5. The number of hydrogen-bond acceptors (Lipinski definition) is 5. The second-order valence-electron chi connectivity index (χ2n) is 7.54. The smallest absolute Gasteiger partial charge is 0.263 e. The van der Waals surface area contributed by atoms with E-state index in [0.717, 1.165) is 11.1 Å². The Balaban J connectivity index is 1.64. The van der Waals surface area contributed by atoms with E-state index in [-0.39, 0.29) is 12.5 Å². The van der Waals surface area contributed by atoms with Gasteiger partial charge in [-0.3, -0.25) is 4.79 Å². The Morgan fingerprint density at radius 2 is 1.94 bits per heavy atom. The quantitative estimate of drug-likeness (QED) is 0.552. The number of rotatable bonds is 9. The van der Waals surface area contributed by atoms with E-state index in [9.17, 15) is 4.79 Å². The van der Waals surface area contributed by atoms with Gasteiger partial charge in [-0.25, -0.2) is 4.68 Å². The van der Waals surface area contributed by atoms with Gasteiger partial charge in [0.1, 0.15) is 11.6 Å². The topological polar surface area (TPSA) is 74.6 Å². The normalized spacial score (nSPS) is 10.8. The van der Waals surface area contributed by atoms with E-state index in [1.165, 1.54) is 5.56 Å². The SMILES string of the molecule is COc1cccc(Cn2nccc2NC(=O)COc2ccc(C(C)C)c(C)c2)c1OC. The summed E-state index contributed by atoms with van der Waals surface area (Å²) in [5.74, 6) is 2.72. The van der Waals surface area contributed by atoms with Crippen molar-refractivity contribution in [1.29, 1.82) is 0 Å². The number of nitrogens with one attached hydrogen (secondary N) is 1. The predicted octanol–water partition coefficient (Wildman–Crippen LogP) is 4.40. The zero-order valence-corrected chi connectivity index (χ0v) is 18.6. The number of benzene rings is 2. The molecule has 3 aromatic rings. The molecule has 0 spiro atoms. The van der Waals surface area contributed by atoms with Crippen molar-refractivity contribution in [3.8, 4) is 17.2 Å². The van der Waals surface area contributed by atoms with Gasteiger partial charge in [0.05, 0.1) is 27.0 Å². The number of para-hydroxylation sites is 1. The third kappa shape index (κ3) is 5.36. The van der Waals surface area contributed by atoms with Crippen LogP contribution in [0.3, 0.4) is 0 Å². The third-order valence-corrected chi connectivity index (χ3v) is 5.02. The van der Waals surface area contributed by atoms with Gasteiger partial charge < -0.3 is 19.5 Å². The molecule has 0 aliphatic heterocycles. The summed E-state index contributed by atoms with van der Waals surface area (Å²) in [5, 5.41) is 7.17. The lowest BCUT2D eigenvalue weighted by Gasteiger charge is -2.15. The number of nitrogens with zero attached hydrogens (tertiary/aromatic N) is 2. The van der Waals surface area contributed by atoms with Gasteiger partial charge in [0, 0.05) is 11.6 Å². The lowest BCUT2D eigenvalue weighted by Crippen LogP contribution is -2.22. The van der Waals surface area contributed by atoms with Gasteiger partial charge in [-0.05, 0) is 42.2 Å². The number of aryl methyl sites for hydroxylation is 1. The Hall–Kier alpha value is -3.48. The number of aromatic nitrogens is 2. The second-order valence-corrected chi connectivity index (χ2v) is 7.54. The van der Waals surface area contributed by atoms with Crippen LogP contribution in [0.2, 0.25) is 0 Å². The largest absolute Gasteiger partial charge is 0.493 e. The number of carbonyl (C=O) groups is 1. The minimum Gasteiger partial charge on any atom is -0.493 e. The molecule has 0 bridgehead atoms. The Morgan fingerprint density at radius 1 is 1.13 bits per heavy atom. The number of anilines is 1. The van der Waals surface area contributed by atoms with Crippen molar-refractivity contribution in [1.82, 2.24) is 9.78 Å². The van der Waals surface area contributed by atoms with Gasteiger partial charge in [0.15, 0.2) is 18.1 Å². The highest BCUT2D eigenvalue weighted by Gasteiger charge is 2.14. The van der Waals surface area contributed by atoms with Crippen molar-refractivity contribution in [2.24, 2.45) is 0 Å². The first-order valence-corrected chi connectivity index (χ1v) is 10.2. The molecular weight excluding hydrogens is 394 g/mol. The van der Waals surface area contributed by atoms with Crippen LogP contribution in [0.25, 0.3) is 0 Å². The first kappa shape index (κ1) is 22.2. The van der Waals surface area contributed by atoms with Crippen LogP contribution in [0.1, 0.15) is 36.5 Å². The summed E-state index contributed by atoms with van der Waals surface area (Å²) in [7, 11) is 3.19. The highest BCUT2D eigenvalue weighted by molar-refractivity contribution is 5.91. The maximum Gasteiger partial charge on any atom is 0.263 e. The second kappa shape index (κ2) is 10.0. The fourth-order valence-electron chi connectivity index (χ4n) is 3.52. The summed E-state index contributed by atoms with van der Waals surface area (Å²) in [5.41, 5.74) is 3.31. The minimum atomic E-state index is -0.259. The number of amides is 1. The molecule has 7 nitrogen and oxygen atoms in total. The van der Waals surface area contributed by atoms with E-state index >= 15 is 0 Å². The summed E-state index contributed by atoms with van der Waals surface area (Å²) in [6, 6.07) is 13.3. The van der Waals surface area contributed by atoms with E-state index in [0.29, 0.717) is 35.5 Å². The van der Waals surface area contributed by atoms with Gasteiger partial charge in [-0.2, -0.15) is 5.10 Å². The zero-order valence-electron chi connectivity index (χ0n) is 18.6. The highest BCUT2D eigenvalue weighted by Crippen LogP contribution is 2.31. The summed E-state index contributed by atoms with van der Waals surface area (Å²) < 4.78 is 18.2. The van der Waals surface area contributed by atoms with Gasteiger partial charge in [0.2, 0.25) is 0 Å². The fourth-order valence-corrected chi connectivity index (χ4v) is 3.52. The first-order chi connectivity index (χ1) is 14.9. The van der Waals surface area contributed by atoms with Crippen molar-refractivity contribution in [3.05, 3.63) is 65.4 Å². The number of ether oxygens (including phenoxy) is 3. The average molecular weight is 424 g/mol. The maximum atomic E-state index is 12.5. The van der Waals surface area contributed by atoms with Crippen LogP contribution in [0.15, 0.2) is 48.7 Å². The van der Waals surface area contributed by atoms with Crippen molar-refractivity contribution in [2.45, 2.75) is 33.2 Å². The molecule has 3 rings (SSSR count). The molecule has 0 aliphatic rings. The van der Waals surface area contributed by atoms with E-state index < -0.39 is 0 Å². The first-order valence-electron chi connectivity index (χ1n) is 10.2. The Morgan fingerprint density at radius 3 is 2.61 bits per heavy atom. The van der Waals surface area contributed by atoms with Crippen LogP contribution < -0.4 is 19.5 Å². The average Bonchev–Trinajstić information content (AvgIpc) is 3.18. The number of hydrogen-bond donors (Lipinski definition) is 1. The van der Waals surface area contributed by atoms with Crippen LogP contribution in [0.5, 0.6) is 17.2 Å². The van der Waals surface area contributed by atoms with Crippen molar-refractivity contribution in [3.63, 3.8) is 0 Å². The van der Waals surface area contributed by atoms with Crippen molar-refractivity contribution >= 4 is 11.7 Å². The predicted molar refractivity (Wildman–Crippen MR) is 120 cm³/mol. The molecule has 0 saturated heterocycles. The summed E-state index contributed by atoms with van der Waals surface area (Å²) >= 11 is 0. The molecule has 0 fully saturated rings. The standard InChI is InChI=1S/C24H29N3O4/c1-16(2)20-10-9-19(13-17(20)3)31-15-23(28)26-22-11-12-25-27(22)14-18-7-6-8-21(29-4)24(18)30-5/h6-13,16H,14-15H2,1-5H3,(H,26,28). The van der Waals surface area contributed by atoms with Crippen LogP contribution in [-0.2, 0) is 11.3 Å². The Labute approximate surface area is 182 Å². The maximum absolute atomic E-state index is 12.5. The molecule has 1 aromatic heterocycles. The third-order valence-electron chi connectivity index (χ3n) is 5.02. The molecule has 0 saturated carbocycles. The lowest BCUT2D eigenvalue weighted by atomic mass is 9.98. The molecule has 2 aromatic carbocycles. The van der Waals surface area contributed by atoms with E-state index in [2.05, 4.69) is 24.3 Å². The van der Waals surface area contributed by atoms with Crippen LogP contribution in [0, 0.1) is 6.92 Å². The molecule has 164 valence electrons. The molecule has 1 heterocycles. The van der Waals surface area contributed by atoms with Gasteiger partial charge in [0.25, 0.3) is 5.91 Å².